The number of hydrogen-bond donors (Lipinski definition) is 3. The molecular formula is C22H22ClF3N2O3S. The molecule has 0 aliphatic carbocycles. The van der Waals surface area contributed by atoms with Gasteiger partial charge in [0.25, 0.3) is 5.56 Å². The Kier molecular flexibility index (Phi) is 7.44. The number of nitrogens with one attached hydrogen (secondary N) is 1. The van der Waals surface area contributed by atoms with E-state index in [1.54, 1.807) is 4.90 Å². The van der Waals surface area contributed by atoms with E-state index in [0.29, 0.717) is 13.1 Å². The number of benzene rings is 2. The summed E-state index contributed by atoms with van der Waals surface area (Å²) >= 11 is 7.10. The Morgan fingerprint density at radius 1 is 1.16 bits per heavy atom. The number of alkyl halides is 3. The Morgan fingerprint density at radius 3 is 2.47 bits per heavy atom. The monoisotopic (exact) mass is 486 g/mol. The number of phenolic OH excluding ortho intramolecular Hbond substituents is 1. The molecule has 0 radical (unpaired) electrons. The van der Waals surface area contributed by atoms with E-state index in [1.807, 2.05) is 13.8 Å². The Bertz CT molecular complexity index is 1180. The van der Waals surface area contributed by atoms with Gasteiger partial charge in [0, 0.05) is 32.8 Å². The van der Waals surface area contributed by atoms with Crippen molar-refractivity contribution in [1.82, 2.24) is 9.88 Å². The van der Waals surface area contributed by atoms with Gasteiger partial charge in [-0.05, 0) is 49.5 Å². The first-order valence-electron chi connectivity index (χ1n) is 9.87. The predicted molar refractivity (Wildman–Crippen MR) is 121 cm³/mol. The number of H-pyrrole nitrogens is 1. The van der Waals surface area contributed by atoms with Gasteiger partial charge >= 0.3 is 6.18 Å². The molecule has 5 nitrogen and oxygen atoms in total. The third-order valence-electron chi connectivity index (χ3n) is 5.14. The van der Waals surface area contributed by atoms with Crippen molar-refractivity contribution in [3.8, 4) is 16.9 Å². The lowest BCUT2D eigenvalue weighted by Gasteiger charge is -2.25. The van der Waals surface area contributed by atoms with Crippen LogP contribution in [0.2, 0.25) is 5.02 Å². The highest BCUT2D eigenvalue weighted by Crippen LogP contribution is 2.42. The van der Waals surface area contributed by atoms with Crippen LogP contribution in [0, 0.1) is 0 Å². The van der Waals surface area contributed by atoms with Crippen molar-refractivity contribution in [3.63, 3.8) is 0 Å². The number of aromatic nitrogens is 1. The number of aromatic amines is 1. The molecule has 3 aromatic rings. The van der Waals surface area contributed by atoms with E-state index in [9.17, 15) is 28.2 Å². The van der Waals surface area contributed by atoms with E-state index < -0.39 is 23.5 Å². The molecule has 0 spiro atoms. The van der Waals surface area contributed by atoms with Gasteiger partial charge in [-0.15, -0.1) is 11.8 Å². The lowest BCUT2D eigenvalue weighted by Crippen LogP contribution is -2.36. The summed E-state index contributed by atoms with van der Waals surface area (Å²) in [6, 6.07) is 7.16. The van der Waals surface area contributed by atoms with Crippen LogP contribution in [0.15, 0.2) is 46.1 Å². The van der Waals surface area contributed by atoms with Crippen LogP contribution < -0.4 is 5.56 Å². The first-order chi connectivity index (χ1) is 15.1. The minimum Gasteiger partial charge on any atom is -0.507 e. The SMILES string of the molecule is CCN(CC)[C@@H](O)CSc1c(-c2cc(Cl)ccc2O)c2cc(C(F)(F)F)ccc2[nH]c1=O. The second-order valence-corrected chi connectivity index (χ2v) is 8.56. The first-order valence-corrected chi connectivity index (χ1v) is 11.2. The molecular weight excluding hydrogens is 465 g/mol. The Balaban J connectivity index is 2.26. The molecule has 172 valence electrons. The smallest absolute Gasteiger partial charge is 0.416 e. The summed E-state index contributed by atoms with van der Waals surface area (Å²) < 4.78 is 40.2. The molecule has 1 aromatic heterocycles. The number of halogens is 4. The molecule has 32 heavy (non-hydrogen) atoms. The first kappa shape index (κ1) is 24.4. The van der Waals surface area contributed by atoms with Gasteiger partial charge in [-0.1, -0.05) is 25.4 Å². The quantitative estimate of drug-likeness (QED) is 0.311. The zero-order valence-corrected chi connectivity index (χ0v) is 18.9. The number of aromatic hydroxyl groups is 1. The summed E-state index contributed by atoms with van der Waals surface area (Å²) in [5.74, 6) is -0.131. The van der Waals surface area contributed by atoms with Crippen LogP contribution in [0.25, 0.3) is 22.0 Å². The molecule has 0 saturated heterocycles. The van der Waals surface area contributed by atoms with E-state index in [4.69, 9.17) is 11.6 Å². The van der Waals surface area contributed by atoms with Crippen LogP contribution in [-0.4, -0.2) is 45.2 Å². The molecule has 0 fully saturated rings. The lowest BCUT2D eigenvalue weighted by molar-refractivity contribution is -0.137. The summed E-state index contributed by atoms with van der Waals surface area (Å²) in [5, 5.41) is 21.3. The van der Waals surface area contributed by atoms with Crippen molar-refractivity contribution >= 4 is 34.3 Å². The summed E-state index contributed by atoms with van der Waals surface area (Å²) in [6.45, 7) is 4.94. The zero-order valence-electron chi connectivity index (χ0n) is 17.3. The largest absolute Gasteiger partial charge is 0.507 e. The normalized spacial score (nSPS) is 13.1. The third-order valence-corrected chi connectivity index (χ3v) is 6.51. The van der Waals surface area contributed by atoms with Crippen molar-refractivity contribution in [1.29, 1.82) is 0 Å². The number of pyridine rings is 1. The fraction of sp³-hybridized carbons (Fsp3) is 0.318. The van der Waals surface area contributed by atoms with Crippen molar-refractivity contribution < 1.29 is 23.4 Å². The van der Waals surface area contributed by atoms with E-state index in [2.05, 4.69) is 4.98 Å². The highest BCUT2D eigenvalue weighted by Gasteiger charge is 2.31. The molecule has 3 N–H and O–H groups in total. The molecule has 0 aliphatic heterocycles. The van der Waals surface area contributed by atoms with Gasteiger partial charge in [0.1, 0.15) is 12.0 Å². The second-order valence-electron chi connectivity index (χ2n) is 7.09. The third kappa shape index (κ3) is 5.06. The van der Waals surface area contributed by atoms with Crippen LogP contribution >= 0.6 is 23.4 Å². The Morgan fingerprint density at radius 2 is 1.84 bits per heavy atom. The van der Waals surface area contributed by atoms with Crippen molar-refractivity contribution in [2.24, 2.45) is 0 Å². The second kappa shape index (κ2) is 9.74. The number of rotatable bonds is 7. The van der Waals surface area contributed by atoms with Crippen LogP contribution in [-0.2, 0) is 6.18 Å². The van der Waals surface area contributed by atoms with Gasteiger partial charge < -0.3 is 15.2 Å². The standard InChI is InChI=1S/C22H22ClF3N2O3S/c1-3-28(4-2)18(30)11-32-20-19(15-10-13(23)6-8-17(15)29)14-9-12(22(24,25)26)5-7-16(14)27-21(20)31/h5-10,18,29-30H,3-4,11H2,1-2H3,(H,27,31)/t18-/m0/s1. The highest BCUT2D eigenvalue weighted by atomic mass is 35.5. The molecule has 0 bridgehead atoms. The van der Waals surface area contributed by atoms with Crippen molar-refractivity contribution in [2.75, 3.05) is 18.8 Å². The predicted octanol–water partition coefficient (Wildman–Crippen LogP) is 5.33. The molecule has 0 unspecified atom stereocenters. The molecule has 3 rings (SSSR count). The maximum Gasteiger partial charge on any atom is 0.416 e. The summed E-state index contributed by atoms with van der Waals surface area (Å²) in [6.07, 6.45) is -5.46. The molecule has 1 heterocycles. The molecule has 0 aliphatic rings. The van der Waals surface area contributed by atoms with E-state index in [-0.39, 0.29) is 43.5 Å². The minimum atomic E-state index is -4.59. The number of thioether (sulfide) groups is 1. The van der Waals surface area contributed by atoms with E-state index >= 15 is 0 Å². The molecule has 10 heteroatoms. The van der Waals surface area contributed by atoms with E-state index in [1.165, 1.54) is 24.3 Å². The molecule has 2 aromatic carbocycles. The minimum absolute atomic E-state index is 0.0839. The van der Waals surface area contributed by atoms with Crippen LogP contribution in [0.3, 0.4) is 0 Å². The summed E-state index contributed by atoms with van der Waals surface area (Å²) in [7, 11) is 0. The maximum absolute atomic E-state index is 13.4. The van der Waals surface area contributed by atoms with Crippen molar-refractivity contribution in [2.45, 2.75) is 31.1 Å². The number of nitrogens with zero attached hydrogens (tertiary/aromatic N) is 1. The fourth-order valence-corrected chi connectivity index (χ4v) is 4.72. The van der Waals surface area contributed by atoms with Gasteiger partial charge in [0.2, 0.25) is 0 Å². The van der Waals surface area contributed by atoms with Gasteiger partial charge in [0.15, 0.2) is 0 Å². The van der Waals surface area contributed by atoms with E-state index in [0.717, 1.165) is 23.9 Å². The average Bonchev–Trinajstić information content (AvgIpc) is 2.73. The van der Waals surface area contributed by atoms with Crippen LogP contribution in [0.4, 0.5) is 13.2 Å². The molecule has 0 saturated carbocycles. The average molecular weight is 487 g/mol. The number of hydrogen-bond acceptors (Lipinski definition) is 5. The Labute approximate surface area is 191 Å². The fourth-order valence-electron chi connectivity index (χ4n) is 3.47. The molecule has 1 atom stereocenters. The highest BCUT2D eigenvalue weighted by molar-refractivity contribution is 7.99. The van der Waals surface area contributed by atoms with Gasteiger partial charge in [0.05, 0.1) is 10.5 Å². The zero-order chi connectivity index (χ0) is 23.6. The number of phenols is 1. The van der Waals surface area contributed by atoms with Gasteiger partial charge in [-0.25, -0.2) is 0 Å². The van der Waals surface area contributed by atoms with Gasteiger partial charge in [-0.3, -0.25) is 9.69 Å². The number of aliphatic hydroxyl groups is 1. The van der Waals surface area contributed by atoms with Crippen molar-refractivity contribution in [3.05, 3.63) is 57.3 Å². The number of aliphatic hydroxyl groups excluding tert-OH is 1. The van der Waals surface area contributed by atoms with Gasteiger partial charge in [-0.2, -0.15) is 13.2 Å². The van der Waals surface area contributed by atoms with Crippen LogP contribution in [0.5, 0.6) is 5.75 Å². The number of fused-ring (bicyclic) bond motifs is 1. The lowest BCUT2D eigenvalue weighted by atomic mass is 9.98. The summed E-state index contributed by atoms with van der Waals surface area (Å²) in [4.78, 5) is 17.4. The Hall–Kier alpha value is -2.20. The summed E-state index contributed by atoms with van der Waals surface area (Å²) in [5.41, 5.74) is -0.979. The topological polar surface area (TPSA) is 76.6 Å². The molecule has 0 amide bonds. The maximum atomic E-state index is 13.4. The van der Waals surface area contributed by atoms with Crippen LogP contribution in [0.1, 0.15) is 19.4 Å².